The fourth-order valence-electron chi connectivity index (χ4n) is 3.34. The molecule has 0 unspecified atom stereocenters. The van der Waals surface area contributed by atoms with Gasteiger partial charge in [0.15, 0.2) is 11.6 Å². The van der Waals surface area contributed by atoms with Crippen LogP contribution in [0.4, 0.5) is 0 Å². The van der Waals surface area contributed by atoms with Crippen molar-refractivity contribution in [2.45, 2.75) is 77.2 Å². The summed E-state index contributed by atoms with van der Waals surface area (Å²) in [4.78, 5) is 0. The quantitative estimate of drug-likeness (QED) is 0.731. The molecule has 5 heteroatoms. The molecule has 0 aliphatic carbocycles. The van der Waals surface area contributed by atoms with Crippen molar-refractivity contribution < 1.29 is 23.7 Å². The van der Waals surface area contributed by atoms with Crippen molar-refractivity contribution in [3.63, 3.8) is 0 Å². The van der Waals surface area contributed by atoms with E-state index in [1.807, 2.05) is 27.7 Å². The number of hydrogen-bond acceptors (Lipinski definition) is 5. The van der Waals surface area contributed by atoms with Crippen LogP contribution in [0.15, 0.2) is 0 Å². The van der Waals surface area contributed by atoms with Gasteiger partial charge in [-0.15, -0.1) is 0 Å². The van der Waals surface area contributed by atoms with Crippen LogP contribution in [-0.2, 0) is 23.7 Å². The van der Waals surface area contributed by atoms with E-state index in [-0.39, 0.29) is 24.2 Å². The highest BCUT2D eigenvalue weighted by molar-refractivity contribution is 5.04. The van der Waals surface area contributed by atoms with Crippen LogP contribution in [-0.4, -0.2) is 42.3 Å². The van der Waals surface area contributed by atoms with Crippen molar-refractivity contribution in [1.29, 1.82) is 0 Å². The Balaban J connectivity index is 1.94. The van der Waals surface area contributed by atoms with Gasteiger partial charge in [0.1, 0.15) is 18.3 Å². The molecule has 0 saturated carbocycles. The van der Waals surface area contributed by atoms with Crippen LogP contribution in [0.1, 0.15) is 41.5 Å². The Bertz CT molecular complexity index is 378. The molecule has 5 nitrogen and oxygen atoms in total. The smallest absolute Gasteiger partial charge is 0.203 e. The molecule has 3 saturated heterocycles. The lowest BCUT2D eigenvalue weighted by atomic mass is 9.89. The highest BCUT2D eigenvalue weighted by atomic mass is 16.9. The Morgan fingerprint density at radius 3 is 2.26 bits per heavy atom. The standard InChI is InChI=1S/C14H24O5/c1-8(2)14-11(18-13(5,6)19-14)10-9(7-15-14)16-12(3,4)17-10/h8-11H,7H2,1-6H3/t9-,10-,11+,14+/m1/s1. The van der Waals surface area contributed by atoms with Crippen LogP contribution in [0.25, 0.3) is 0 Å². The topological polar surface area (TPSA) is 46.2 Å². The third kappa shape index (κ3) is 2.03. The lowest BCUT2D eigenvalue weighted by Crippen LogP contribution is -2.60. The van der Waals surface area contributed by atoms with Gasteiger partial charge in [-0.25, -0.2) is 0 Å². The van der Waals surface area contributed by atoms with Crippen LogP contribution in [0.5, 0.6) is 0 Å². The average molecular weight is 272 g/mol. The first-order valence-corrected chi connectivity index (χ1v) is 7.03. The zero-order valence-electron chi connectivity index (χ0n) is 12.6. The van der Waals surface area contributed by atoms with E-state index in [9.17, 15) is 0 Å². The molecule has 3 aliphatic rings. The molecule has 0 radical (unpaired) electrons. The summed E-state index contributed by atoms with van der Waals surface area (Å²) < 4.78 is 30.1. The summed E-state index contributed by atoms with van der Waals surface area (Å²) in [5.74, 6) is -1.83. The largest absolute Gasteiger partial charge is 0.344 e. The van der Waals surface area contributed by atoms with Crippen molar-refractivity contribution in [3.8, 4) is 0 Å². The summed E-state index contributed by atoms with van der Waals surface area (Å²) in [6, 6.07) is 0. The summed E-state index contributed by atoms with van der Waals surface area (Å²) in [5, 5.41) is 0. The Morgan fingerprint density at radius 1 is 0.947 bits per heavy atom. The van der Waals surface area contributed by atoms with Gasteiger partial charge in [0, 0.05) is 5.92 Å². The summed E-state index contributed by atoms with van der Waals surface area (Å²) in [7, 11) is 0. The highest BCUT2D eigenvalue weighted by Gasteiger charge is 2.66. The van der Waals surface area contributed by atoms with E-state index in [0.717, 1.165) is 0 Å². The second-order valence-corrected chi connectivity index (χ2v) is 6.87. The molecule has 3 fully saturated rings. The molecule has 3 heterocycles. The van der Waals surface area contributed by atoms with Crippen LogP contribution in [0.2, 0.25) is 0 Å². The lowest BCUT2D eigenvalue weighted by molar-refractivity contribution is -0.301. The molecule has 0 bridgehead atoms. The van der Waals surface area contributed by atoms with Gasteiger partial charge in [0.05, 0.1) is 6.61 Å². The molecule has 0 aromatic carbocycles. The molecule has 110 valence electrons. The molecule has 4 atom stereocenters. The first kappa shape index (κ1) is 13.8. The van der Waals surface area contributed by atoms with Gasteiger partial charge in [-0.2, -0.15) is 0 Å². The second kappa shape index (κ2) is 3.92. The summed E-state index contributed by atoms with van der Waals surface area (Å²) >= 11 is 0. The van der Waals surface area contributed by atoms with Gasteiger partial charge in [-0.05, 0) is 27.7 Å². The normalized spacial score (nSPS) is 47.2. The average Bonchev–Trinajstić information content (AvgIpc) is 2.70. The molecule has 19 heavy (non-hydrogen) atoms. The number of ether oxygens (including phenoxy) is 5. The van der Waals surface area contributed by atoms with Crippen LogP contribution in [0.3, 0.4) is 0 Å². The minimum absolute atomic E-state index is 0.0932. The maximum absolute atomic E-state index is 6.10. The Kier molecular flexibility index (Phi) is 2.84. The van der Waals surface area contributed by atoms with Gasteiger partial charge >= 0.3 is 0 Å². The maximum atomic E-state index is 6.10. The van der Waals surface area contributed by atoms with Gasteiger partial charge in [-0.1, -0.05) is 13.8 Å². The van der Waals surface area contributed by atoms with Crippen molar-refractivity contribution >= 4 is 0 Å². The van der Waals surface area contributed by atoms with E-state index in [2.05, 4.69) is 13.8 Å². The molecule has 3 aliphatic heterocycles. The molecule has 0 aromatic rings. The van der Waals surface area contributed by atoms with E-state index < -0.39 is 17.4 Å². The predicted molar refractivity (Wildman–Crippen MR) is 67.4 cm³/mol. The summed E-state index contributed by atoms with van der Waals surface area (Å²) in [6.07, 6.45) is -0.500. The zero-order valence-corrected chi connectivity index (χ0v) is 12.6. The molecule has 0 N–H and O–H groups in total. The Hall–Kier alpha value is -0.200. The Morgan fingerprint density at radius 2 is 1.63 bits per heavy atom. The second-order valence-electron chi connectivity index (χ2n) is 6.87. The molecule has 0 spiro atoms. The minimum atomic E-state index is -0.742. The van der Waals surface area contributed by atoms with E-state index in [1.165, 1.54) is 0 Å². The SMILES string of the molecule is CC(C)[C@@]12OC[C@H]3OC(C)(C)O[C@H]3[C@@H]1OC(C)(C)O2. The monoisotopic (exact) mass is 272 g/mol. The van der Waals surface area contributed by atoms with Crippen molar-refractivity contribution in [3.05, 3.63) is 0 Å². The van der Waals surface area contributed by atoms with Crippen LogP contribution in [0, 0.1) is 5.92 Å². The van der Waals surface area contributed by atoms with Crippen LogP contribution < -0.4 is 0 Å². The number of hydrogen-bond donors (Lipinski definition) is 0. The van der Waals surface area contributed by atoms with E-state index in [1.54, 1.807) is 0 Å². The first-order valence-electron chi connectivity index (χ1n) is 7.03. The highest BCUT2D eigenvalue weighted by Crippen LogP contribution is 2.50. The van der Waals surface area contributed by atoms with Gasteiger partial charge < -0.3 is 23.7 Å². The molecule has 3 rings (SSSR count). The van der Waals surface area contributed by atoms with Crippen molar-refractivity contribution in [1.82, 2.24) is 0 Å². The fraction of sp³-hybridized carbons (Fsp3) is 1.00. The third-order valence-corrected chi connectivity index (χ3v) is 4.01. The fourth-order valence-corrected chi connectivity index (χ4v) is 3.34. The van der Waals surface area contributed by atoms with E-state index in [4.69, 9.17) is 23.7 Å². The maximum Gasteiger partial charge on any atom is 0.203 e. The van der Waals surface area contributed by atoms with E-state index in [0.29, 0.717) is 6.61 Å². The molecule has 0 amide bonds. The third-order valence-electron chi connectivity index (χ3n) is 4.01. The molecule has 0 aromatic heterocycles. The zero-order chi connectivity index (χ0) is 14.1. The van der Waals surface area contributed by atoms with Crippen LogP contribution >= 0.6 is 0 Å². The van der Waals surface area contributed by atoms with Gasteiger partial charge in [0.2, 0.25) is 5.79 Å². The summed E-state index contributed by atoms with van der Waals surface area (Å²) in [5.41, 5.74) is 0. The lowest BCUT2D eigenvalue weighted by Gasteiger charge is -2.43. The minimum Gasteiger partial charge on any atom is -0.344 e. The Labute approximate surface area is 114 Å². The number of fused-ring (bicyclic) bond motifs is 3. The molecular weight excluding hydrogens is 248 g/mol. The van der Waals surface area contributed by atoms with Gasteiger partial charge in [0.25, 0.3) is 0 Å². The number of rotatable bonds is 1. The summed E-state index contributed by atoms with van der Waals surface area (Å²) in [6.45, 7) is 12.3. The van der Waals surface area contributed by atoms with E-state index >= 15 is 0 Å². The first-order chi connectivity index (χ1) is 8.65. The van der Waals surface area contributed by atoms with Crippen molar-refractivity contribution in [2.75, 3.05) is 6.61 Å². The van der Waals surface area contributed by atoms with Gasteiger partial charge in [-0.3, -0.25) is 0 Å². The predicted octanol–water partition coefficient (Wildman–Crippen LogP) is 2.04. The van der Waals surface area contributed by atoms with Crippen molar-refractivity contribution in [2.24, 2.45) is 5.92 Å². The molecular formula is C14H24O5.